The Hall–Kier alpha value is -1.14. The maximum Gasteiger partial charge on any atom is 0.317 e. The molecular weight excluding hydrogens is 379 g/mol. The van der Waals surface area contributed by atoms with Crippen LogP contribution in [0.5, 0.6) is 0 Å². The molecule has 0 heterocycles. The first-order valence-electron chi connectivity index (χ1n) is 5.52. The van der Waals surface area contributed by atoms with Crippen LogP contribution in [0.1, 0.15) is 0 Å². The van der Waals surface area contributed by atoms with Crippen molar-refractivity contribution in [2.75, 3.05) is 39.3 Å². The summed E-state index contributed by atoms with van der Waals surface area (Å²) in [4.78, 5) is 44.4. The van der Waals surface area contributed by atoms with E-state index in [2.05, 4.69) is 0 Å². The molecule has 125 valence electrons. The predicted octanol–water partition coefficient (Wildman–Crippen LogP) is -1.36. The fourth-order valence-corrected chi connectivity index (χ4v) is 1.48. The molecule has 0 aliphatic carbocycles. The van der Waals surface area contributed by atoms with Gasteiger partial charge in [0.2, 0.25) is 0 Å². The number of hydrogen-bond acceptors (Lipinski definition) is 6. The van der Waals surface area contributed by atoms with Crippen molar-refractivity contribution in [2.24, 2.45) is 0 Å². The molecule has 0 spiro atoms. The first-order valence-corrected chi connectivity index (χ1v) is 5.52. The first kappa shape index (κ1) is 25.8. The van der Waals surface area contributed by atoms with Crippen molar-refractivity contribution in [1.29, 1.82) is 0 Å². The molecule has 0 amide bonds. The zero-order valence-electron chi connectivity index (χ0n) is 11.7. The standard InChI is InChI=1S/C10H16N2O8.H2N.Y/c13-7(14)3-11(4-8(15)16)1-2-12(5-9(17)18)6-10(19)20;;/h1-6H2,(H,13,14)(H,15,16)(H,17,18)(H,19,20);1H2;/q;-1;. The molecule has 0 rings (SSSR count). The minimum atomic E-state index is -1.23. The fourth-order valence-electron chi connectivity index (χ4n) is 1.48. The third kappa shape index (κ3) is 15.3. The van der Waals surface area contributed by atoms with Gasteiger partial charge in [0.15, 0.2) is 0 Å². The second-order valence-electron chi connectivity index (χ2n) is 4.00. The molecule has 0 saturated carbocycles. The van der Waals surface area contributed by atoms with Gasteiger partial charge in [-0.25, -0.2) is 0 Å². The summed E-state index contributed by atoms with van der Waals surface area (Å²) >= 11 is 0. The van der Waals surface area contributed by atoms with Gasteiger partial charge in [0.25, 0.3) is 0 Å². The average molecular weight is 397 g/mol. The summed E-state index contributed by atoms with van der Waals surface area (Å²) in [5.41, 5.74) is 0. The van der Waals surface area contributed by atoms with Gasteiger partial charge < -0.3 is 26.6 Å². The molecule has 1 radical (unpaired) electrons. The van der Waals surface area contributed by atoms with Crippen molar-refractivity contribution < 1.29 is 72.3 Å². The molecule has 12 heteroatoms. The molecule has 0 unspecified atom stereocenters. The van der Waals surface area contributed by atoms with Crippen molar-refractivity contribution in [3.63, 3.8) is 0 Å². The molecule has 11 nitrogen and oxygen atoms in total. The Morgan fingerprint density at radius 2 is 0.773 bits per heavy atom. The van der Waals surface area contributed by atoms with Crippen molar-refractivity contribution in [3.8, 4) is 0 Å². The van der Waals surface area contributed by atoms with E-state index in [1.807, 2.05) is 0 Å². The van der Waals surface area contributed by atoms with Crippen molar-refractivity contribution >= 4 is 23.9 Å². The van der Waals surface area contributed by atoms with Gasteiger partial charge in [-0.1, -0.05) is 0 Å². The van der Waals surface area contributed by atoms with Gasteiger partial charge in [-0.15, -0.1) is 0 Å². The maximum absolute atomic E-state index is 10.6. The van der Waals surface area contributed by atoms with Crippen molar-refractivity contribution in [2.45, 2.75) is 0 Å². The summed E-state index contributed by atoms with van der Waals surface area (Å²) in [5.74, 6) is -4.91. The molecule has 22 heavy (non-hydrogen) atoms. The molecule has 0 aromatic rings. The largest absolute Gasteiger partial charge is 0.693 e. The third-order valence-electron chi connectivity index (χ3n) is 2.17. The molecule has 0 aliphatic heterocycles. The maximum atomic E-state index is 10.6. The molecule has 0 aliphatic rings. The molecular formula is C10H18N3O8Y-. The van der Waals surface area contributed by atoms with Gasteiger partial charge in [-0.05, 0) is 0 Å². The predicted molar refractivity (Wildman–Crippen MR) is 68.7 cm³/mol. The molecule has 0 atom stereocenters. The zero-order valence-corrected chi connectivity index (χ0v) is 14.6. The van der Waals surface area contributed by atoms with Crippen LogP contribution in [0.2, 0.25) is 0 Å². The van der Waals surface area contributed by atoms with Crippen LogP contribution in [0.4, 0.5) is 0 Å². The Kier molecular flexibility index (Phi) is 15.9. The summed E-state index contributed by atoms with van der Waals surface area (Å²) < 4.78 is 0. The number of aliphatic carboxylic acids is 4. The Morgan fingerprint density at radius 1 is 0.591 bits per heavy atom. The Labute approximate surface area is 151 Å². The zero-order chi connectivity index (χ0) is 15.7. The van der Waals surface area contributed by atoms with Crippen LogP contribution in [0.3, 0.4) is 0 Å². The Bertz CT molecular complexity index is 324. The summed E-state index contributed by atoms with van der Waals surface area (Å²) in [6.07, 6.45) is 0. The number of hydrogen-bond donors (Lipinski definition) is 4. The van der Waals surface area contributed by atoms with Crippen molar-refractivity contribution in [1.82, 2.24) is 9.80 Å². The Balaban J connectivity index is -0.00000180. The smallest absolute Gasteiger partial charge is 0.317 e. The molecule has 0 bridgehead atoms. The van der Waals surface area contributed by atoms with E-state index in [1.165, 1.54) is 0 Å². The number of carboxylic acid groups (broad SMARTS) is 4. The minimum Gasteiger partial charge on any atom is -0.693 e. The van der Waals surface area contributed by atoms with Crippen LogP contribution in [0.15, 0.2) is 0 Å². The quantitative estimate of drug-likeness (QED) is 0.324. The topological polar surface area (TPSA) is 189 Å². The second kappa shape index (κ2) is 13.5. The van der Waals surface area contributed by atoms with Crippen LogP contribution < -0.4 is 0 Å². The van der Waals surface area contributed by atoms with Crippen LogP contribution in [0, 0.1) is 0 Å². The average Bonchev–Trinajstić information content (AvgIpc) is 2.22. The van der Waals surface area contributed by atoms with Gasteiger partial charge in [0.05, 0.1) is 26.2 Å². The minimum absolute atomic E-state index is 0. The van der Waals surface area contributed by atoms with Gasteiger partial charge in [-0.2, -0.15) is 0 Å². The van der Waals surface area contributed by atoms with E-state index in [9.17, 15) is 19.2 Å². The van der Waals surface area contributed by atoms with E-state index >= 15 is 0 Å². The fraction of sp³-hybridized carbons (Fsp3) is 0.600. The van der Waals surface area contributed by atoms with Gasteiger partial charge >= 0.3 is 23.9 Å². The summed E-state index contributed by atoms with van der Waals surface area (Å²) in [7, 11) is 0. The number of nitrogens with two attached hydrogens (primary N) is 1. The van der Waals surface area contributed by atoms with Gasteiger partial charge in [-0.3, -0.25) is 29.0 Å². The normalized spacial score (nSPS) is 9.73. The van der Waals surface area contributed by atoms with Crippen LogP contribution in [-0.2, 0) is 51.9 Å². The van der Waals surface area contributed by atoms with E-state index in [-0.39, 0.29) is 51.9 Å². The Morgan fingerprint density at radius 3 is 0.909 bits per heavy atom. The summed E-state index contributed by atoms with van der Waals surface area (Å²) in [5, 5.41) is 34.5. The summed E-state index contributed by atoms with van der Waals surface area (Å²) in [6, 6.07) is 0. The number of carbonyl (C=O) groups is 4. The number of carboxylic acids is 4. The van der Waals surface area contributed by atoms with Gasteiger partial charge in [0, 0.05) is 45.8 Å². The third-order valence-corrected chi connectivity index (χ3v) is 2.17. The molecule has 6 N–H and O–H groups in total. The first-order chi connectivity index (χ1) is 9.20. The molecule has 0 aromatic heterocycles. The van der Waals surface area contributed by atoms with Crippen LogP contribution >= 0.6 is 0 Å². The SMILES string of the molecule is O=C(O)CN(CCN(CC(=O)O)CC(=O)O)CC(=O)O.[NH2-].[Y]. The molecule has 0 aromatic carbocycles. The second-order valence-corrected chi connectivity index (χ2v) is 4.00. The van der Waals surface area contributed by atoms with E-state index < -0.39 is 50.1 Å². The number of rotatable bonds is 11. The van der Waals surface area contributed by atoms with E-state index in [4.69, 9.17) is 20.4 Å². The molecule has 0 saturated heterocycles. The monoisotopic (exact) mass is 397 g/mol. The number of nitrogens with zero attached hydrogens (tertiary/aromatic N) is 2. The van der Waals surface area contributed by atoms with E-state index in [0.717, 1.165) is 9.80 Å². The van der Waals surface area contributed by atoms with E-state index in [0.29, 0.717) is 0 Å². The van der Waals surface area contributed by atoms with Crippen LogP contribution in [-0.4, -0.2) is 93.4 Å². The van der Waals surface area contributed by atoms with Gasteiger partial charge in [0.1, 0.15) is 0 Å². The molecule has 0 fully saturated rings. The van der Waals surface area contributed by atoms with E-state index in [1.54, 1.807) is 0 Å². The van der Waals surface area contributed by atoms with Crippen LogP contribution in [0.25, 0.3) is 6.15 Å². The van der Waals surface area contributed by atoms with Crippen molar-refractivity contribution in [3.05, 3.63) is 6.15 Å². The summed E-state index contributed by atoms with van der Waals surface area (Å²) in [6.45, 7) is -2.25.